The number of nitrogens with zero attached hydrogens (tertiary/aromatic N) is 3. The minimum atomic E-state index is -3.72. The van der Waals surface area contributed by atoms with Crippen LogP contribution in [0.15, 0.2) is 29.2 Å². The van der Waals surface area contributed by atoms with Crippen molar-refractivity contribution in [3.8, 4) is 6.07 Å². The summed E-state index contributed by atoms with van der Waals surface area (Å²) >= 11 is 5.33. The molecule has 0 spiro atoms. The predicted octanol–water partition coefficient (Wildman–Crippen LogP) is 0.692. The number of nitrogens with one attached hydrogen (secondary N) is 1. The zero-order valence-electron chi connectivity index (χ0n) is 15.1. The second-order valence-corrected chi connectivity index (χ2v) is 8.20. The number of carbonyl (C=O) groups excluding carboxylic acids is 1. The van der Waals surface area contributed by atoms with Gasteiger partial charge in [0.25, 0.3) is 0 Å². The van der Waals surface area contributed by atoms with Gasteiger partial charge in [-0.2, -0.15) is 9.57 Å². The van der Waals surface area contributed by atoms with E-state index in [-0.39, 0.29) is 29.5 Å². The van der Waals surface area contributed by atoms with Crippen molar-refractivity contribution in [1.82, 2.24) is 14.5 Å². The molecule has 27 heavy (non-hydrogen) atoms. The lowest BCUT2D eigenvalue weighted by molar-refractivity contribution is -0.140. The number of thiocarbonyl (C=S) groups is 1. The summed E-state index contributed by atoms with van der Waals surface area (Å²) in [5.74, 6) is -0.265. The molecule has 2 rings (SSSR count). The van der Waals surface area contributed by atoms with Gasteiger partial charge in [0.15, 0.2) is 5.11 Å². The lowest BCUT2D eigenvalue weighted by atomic mass is 10.2. The van der Waals surface area contributed by atoms with Gasteiger partial charge in [0.1, 0.15) is 6.07 Å². The molecule has 8 nitrogen and oxygen atoms in total. The summed E-state index contributed by atoms with van der Waals surface area (Å²) in [4.78, 5) is 13.0. The minimum Gasteiger partial charge on any atom is -0.469 e. The average molecular weight is 411 g/mol. The highest BCUT2D eigenvalue weighted by molar-refractivity contribution is 7.89. The van der Waals surface area contributed by atoms with Gasteiger partial charge in [0.2, 0.25) is 10.0 Å². The fourth-order valence-electron chi connectivity index (χ4n) is 2.70. The van der Waals surface area contributed by atoms with Gasteiger partial charge in [0, 0.05) is 39.1 Å². The van der Waals surface area contributed by atoms with E-state index in [9.17, 15) is 13.2 Å². The van der Waals surface area contributed by atoms with Crippen molar-refractivity contribution in [2.75, 3.05) is 39.8 Å². The Kier molecular flexibility index (Phi) is 7.53. The lowest BCUT2D eigenvalue weighted by Crippen LogP contribution is -2.53. The molecule has 0 atom stereocenters. The summed E-state index contributed by atoms with van der Waals surface area (Å²) < 4.78 is 31.6. The van der Waals surface area contributed by atoms with Gasteiger partial charge in [-0.3, -0.25) is 4.79 Å². The normalized spacial score (nSPS) is 15.0. The molecule has 0 unspecified atom stereocenters. The number of nitriles is 1. The van der Waals surface area contributed by atoms with Crippen LogP contribution in [0, 0.1) is 11.3 Å². The monoisotopic (exact) mass is 410 g/mol. The first kappa shape index (κ1) is 21.1. The van der Waals surface area contributed by atoms with Gasteiger partial charge in [0.05, 0.1) is 17.6 Å². The molecule has 0 aliphatic carbocycles. The molecule has 1 saturated heterocycles. The molecule has 1 N–H and O–H groups in total. The number of benzene rings is 1. The zero-order chi connectivity index (χ0) is 19.9. The first-order valence-electron chi connectivity index (χ1n) is 8.49. The van der Waals surface area contributed by atoms with Crippen LogP contribution < -0.4 is 5.32 Å². The van der Waals surface area contributed by atoms with Crippen molar-refractivity contribution in [2.24, 2.45) is 0 Å². The SMILES string of the molecule is COC(=O)CCCNC(=S)N1CCN(S(=O)(=O)c2ccccc2C#N)CC1. The average Bonchev–Trinajstić information content (AvgIpc) is 2.70. The van der Waals surface area contributed by atoms with Crippen LogP contribution in [-0.2, 0) is 19.6 Å². The number of rotatable bonds is 6. The molecule has 146 valence electrons. The molecule has 0 amide bonds. The Morgan fingerprint density at radius 3 is 2.59 bits per heavy atom. The lowest BCUT2D eigenvalue weighted by Gasteiger charge is -2.35. The van der Waals surface area contributed by atoms with Crippen molar-refractivity contribution in [3.05, 3.63) is 29.8 Å². The van der Waals surface area contributed by atoms with Gasteiger partial charge in [-0.1, -0.05) is 12.1 Å². The van der Waals surface area contributed by atoms with Crippen molar-refractivity contribution >= 4 is 33.3 Å². The van der Waals surface area contributed by atoms with Gasteiger partial charge < -0.3 is 15.0 Å². The Morgan fingerprint density at radius 1 is 1.30 bits per heavy atom. The number of carbonyl (C=O) groups is 1. The molecule has 0 saturated carbocycles. The van der Waals surface area contributed by atoms with Crippen LogP contribution in [0.3, 0.4) is 0 Å². The third-order valence-electron chi connectivity index (χ3n) is 4.21. The molecule has 0 radical (unpaired) electrons. The second-order valence-electron chi connectivity index (χ2n) is 5.91. The number of methoxy groups -OCH3 is 1. The van der Waals surface area contributed by atoms with Crippen LogP contribution >= 0.6 is 12.2 Å². The van der Waals surface area contributed by atoms with E-state index >= 15 is 0 Å². The van der Waals surface area contributed by atoms with Gasteiger partial charge in [-0.05, 0) is 30.8 Å². The molecule has 1 aliphatic rings. The van der Waals surface area contributed by atoms with E-state index in [0.29, 0.717) is 37.6 Å². The summed E-state index contributed by atoms with van der Waals surface area (Å²) in [6, 6.07) is 8.12. The smallest absolute Gasteiger partial charge is 0.305 e. The largest absolute Gasteiger partial charge is 0.469 e. The first-order valence-corrected chi connectivity index (χ1v) is 10.3. The van der Waals surface area contributed by atoms with Gasteiger partial charge in [-0.15, -0.1) is 0 Å². The summed E-state index contributed by atoms with van der Waals surface area (Å²) in [7, 11) is -2.37. The van der Waals surface area contributed by atoms with E-state index in [1.165, 1.54) is 23.5 Å². The third-order valence-corrected chi connectivity index (χ3v) is 6.57. The first-order chi connectivity index (χ1) is 12.9. The zero-order valence-corrected chi connectivity index (χ0v) is 16.7. The molecule has 0 bridgehead atoms. The molecular weight excluding hydrogens is 388 g/mol. The van der Waals surface area contributed by atoms with Crippen LogP contribution in [0.2, 0.25) is 0 Å². The Morgan fingerprint density at radius 2 is 1.96 bits per heavy atom. The maximum Gasteiger partial charge on any atom is 0.305 e. The summed E-state index contributed by atoms with van der Waals surface area (Å²) in [5.41, 5.74) is 0.141. The quantitative estimate of drug-likeness (QED) is 0.415. The van der Waals surface area contributed by atoms with E-state index in [2.05, 4.69) is 10.1 Å². The van der Waals surface area contributed by atoms with E-state index in [1.54, 1.807) is 12.1 Å². The molecule has 1 aromatic carbocycles. The van der Waals surface area contributed by atoms with Crippen LogP contribution in [0.4, 0.5) is 0 Å². The van der Waals surface area contributed by atoms with Crippen molar-refractivity contribution in [3.63, 3.8) is 0 Å². The molecule has 10 heteroatoms. The molecular formula is C17H22N4O4S2. The third kappa shape index (κ3) is 5.38. The predicted molar refractivity (Wildman–Crippen MR) is 103 cm³/mol. The van der Waals surface area contributed by atoms with Crippen molar-refractivity contribution in [1.29, 1.82) is 5.26 Å². The summed E-state index contributed by atoms with van der Waals surface area (Å²) in [5, 5.41) is 12.8. The highest BCUT2D eigenvalue weighted by Gasteiger charge is 2.30. The Bertz CT molecular complexity index is 828. The van der Waals surface area contributed by atoms with E-state index in [0.717, 1.165) is 0 Å². The summed E-state index contributed by atoms with van der Waals surface area (Å²) in [6.45, 7) is 2.02. The van der Waals surface area contributed by atoms with Crippen LogP contribution in [0.5, 0.6) is 0 Å². The minimum absolute atomic E-state index is 0.0319. The molecule has 1 heterocycles. The topological polar surface area (TPSA) is 103 Å². The number of piperazine rings is 1. The number of hydrogen-bond acceptors (Lipinski definition) is 6. The number of sulfonamides is 1. The number of ether oxygens (including phenoxy) is 1. The Balaban J connectivity index is 1.88. The van der Waals surface area contributed by atoms with Gasteiger partial charge >= 0.3 is 5.97 Å². The molecule has 1 aromatic rings. The standard InChI is InChI=1S/C17H22N4O4S2/c1-25-16(22)7-4-8-19-17(26)20-9-11-21(12-10-20)27(23,24)15-6-3-2-5-14(15)13-18/h2-3,5-6H,4,7-12H2,1H3,(H,19,26). The fourth-order valence-corrected chi connectivity index (χ4v) is 4.55. The second kappa shape index (κ2) is 9.64. The van der Waals surface area contributed by atoms with Crippen LogP contribution in [-0.4, -0.2) is 68.5 Å². The van der Waals surface area contributed by atoms with Crippen molar-refractivity contribution < 1.29 is 17.9 Å². The Labute approximate surface area is 164 Å². The molecule has 1 aliphatic heterocycles. The number of esters is 1. The summed E-state index contributed by atoms with van der Waals surface area (Å²) in [6.07, 6.45) is 0.919. The van der Waals surface area contributed by atoms with E-state index in [4.69, 9.17) is 17.5 Å². The van der Waals surface area contributed by atoms with E-state index < -0.39 is 10.0 Å². The molecule has 0 aromatic heterocycles. The van der Waals surface area contributed by atoms with Crippen molar-refractivity contribution in [2.45, 2.75) is 17.7 Å². The Hall–Kier alpha value is -2.22. The maximum absolute atomic E-state index is 12.8. The van der Waals surface area contributed by atoms with Crippen LogP contribution in [0.1, 0.15) is 18.4 Å². The van der Waals surface area contributed by atoms with Gasteiger partial charge in [-0.25, -0.2) is 8.42 Å². The maximum atomic E-state index is 12.8. The molecule has 1 fully saturated rings. The highest BCUT2D eigenvalue weighted by atomic mass is 32.2. The van der Waals surface area contributed by atoms with E-state index in [1.807, 2.05) is 11.0 Å². The fraction of sp³-hybridized carbons (Fsp3) is 0.471. The van der Waals surface area contributed by atoms with Crippen LogP contribution in [0.25, 0.3) is 0 Å². The highest BCUT2D eigenvalue weighted by Crippen LogP contribution is 2.21. The number of hydrogen-bond donors (Lipinski definition) is 1.